The molecule has 1 aliphatic carbocycles. The lowest BCUT2D eigenvalue weighted by Crippen LogP contribution is -2.15. The van der Waals surface area contributed by atoms with Gasteiger partial charge < -0.3 is 10.6 Å². The average Bonchev–Trinajstić information content (AvgIpc) is 3.60. The molecule has 2 N–H and O–H groups in total. The molecule has 7 nitrogen and oxygen atoms in total. The van der Waals surface area contributed by atoms with Crippen LogP contribution in [0.3, 0.4) is 0 Å². The Labute approximate surface area is 191 Å². The first kappa shape index (κ1) is 20.6. The first-order valence-electron chi connectivity index (χ1n) is 10.9. The van der Waals surface area contributed by atoms with Crippen molar-refractivity contribution in [1.82, 2.24) is 14.8 Å². The molecule has 2 aromatic heterocycles. The van der Waals surface area contributed by atoms with Gasteiger partial charge in [-0.25, -0.2) is 9.67 Å². The van der Waals surface area contributed by atoms with Crippen LogP contribution < -0.4 is 10.6 Å². The molecular weight excluding hydrogens is 414 g/mol. The Morgan fingerprint density at radius 3 is 2.36 bits per heavy atom. The predicted molar refractivity (Wildman–Crippen MR) is 127 cm³/mol. The molecule has 0 spiro atoms. The fourth-order valence-electron chi connectivity index (χ4n) is 3.49. The Morgan fingerprint density at radius 1 is 0.939 bits per heavy atom. The van der Waals surface area contributed by atoms with E-state index in [0.29, 0.717) is 22.8 Å². The first-order valence-corrected chi connectivity index (χ1v) is 10.9. The molecule has 164 valence electrons. The SMILES string of the molecule is Cc1ccc(-n2cc(C(=O)Nc3ccc(NC(=O)C4CC4)nc3)c(-c3ccccc3)n2)cc1. The highest BCUT2D eigenvalue weighted by Gasteiger charge is 2.29. The van der Waals surface area contributed by atoms with E-state index in [1.165, 1.54) is 6.20 Å². The number of aromatic nitrogens is 3. The molecule has 5 rings (SSSR count). The molecule has 0 atom stereocenters. The zero-order valence-electron chi connectivity index (χ0n) is 18.2. The average molecular weight is 438 g/mol. The zero-order valence-corrected chi connectivity index (χ0v) is 18.2. The van der Waals surface area contributed by atoms with Gasteiger partial charge >= 0.3 is 0 Å². The predicted octanol–water partition coefficient (Wildman–Crippen LogP) is 4.84. The molecule has 1 saturated carbocycles. The largest absolute Gasteiger partial charge is 0.320 e. The Bertz CT molecular complexity index is 1290. The number of nitrogens with one attached hydrogen (secondary N) is 2. The lowest BCUT2D eigenvalue weighted by atomic mass is 10.1. The highest BCUT2D eigenvalue weighted by atomic mass is 16.2. The summed E-state index contributed by atoms with van der Waals surface area (Å²) in [4.78, 5) is 29.4. The summed E-state index contributed by atoms with van der Waals surface area (Å²) in [5.74, 6) is 0.286. The van der Waals surface area contributed by atoms with Gasteiger partial charge in [0.25, 0.3) is 5.91 Å². The third-order valence-corrected chi connectivity index (χ3v) is 5.53. The van der Waals surface area contributed by atoms with Gasteiger partial charge in [0.15, 0.2) is 0 Å². The fourth-order valence-corrected chi connectivity index (χ4v) is 3.49. The number of aryl methyl sites for hydroxylation is 1. The second-order valence-electron chi connectivity index (χ2n) is 8.19. The molecule has 0 saturated heterocycles. The van der Waals surface area contributed by atoms with E-state index in [0.717, 1.165) is 29.7 Å². The van der Waals surface area contributed by atoms with E-state index in [1.54, 1.807) is 23.0 Å². The molecule has 1 aliphatic rings. The maximum absolute atomic E-state index is 13.2. The summed E-state index contributed by atoms with van der Waals surface area (Å²) in [6.07, 6.45) is 5.13. The van der Waals surface area contributed by atoms with Crippen molar-refractivity contribution in [2.75, 3.05) is 10.6 Å². The quantitative estimate of drug-likeness (QED) is 0.452. The summed E-state index contributed by atoms with van der Waals surface area (Å²) in [7, 11) is 0. The van der Waals surface area contributed by atoms with Gasteiger partial charge in [-0.05, 0) is 44.0 Å². The lowest BCUT2D eigenvalue weighted by Gasteiger charge is -2.07. The minimum absolute atomic E-state index is 0.00434. The Hall–Kier alpha value is -4.26. The molecule has 2 amide bonds. The molecule has 2 heterocycles. The van der Waals surface area contributed by atoms with Crippen molar-refractivity contribution in [3.8, 4) is 16.9 Å². The Morgan fingerprint density at radius 2 is 1.70 bits per heavy atom. The van der Waals surface area contributed by atoms with E-state index in [1.807, 2.05) is 61.5 Å². The van der Waals surface area contributed by atoms with Crippen molar-refractivity contribution in [3.05, 3.63) is 90.3 Å². The van der Waals surface area contributed by atoms with E-state index < -0.39 is 0 Å². The fraction of sp³-hybridized carbons (Fsp3) is 0.154. The molecule has 0 unspecified atom stereocenters. The van der Waals surface area contributed by atoms with Crippen LogP contribution in [0.5, 0.6) is 0 Å². The van der Waals surface area contributed by atoms with Gasteiger partial charge in [0.05, 0.1) is 23.1 Å². The van der Waals surface area contributed by atoms with E-state index in [9.17, 15) is 9.59 Å². The standard InChI is InChI=1S/C26H23N5O2/c1-17-7-12-21(13-8-17)31-16-22(24(30-31)18-5-3-2-4-6-18)26(33)28-20-11-14-23(27-15-20)29-25(32)19-9-10-19/h2-8,11-16,19H,9-10H2,1H3,(H,28,33)(H,27,29,32). The number of pyridine rings is 1. The van der Waals surface area contributed by atoms with Crippen molar-refractivity contribution in [2.24, 2.45) is 5.92 Å². The van der Waals surface area contributed by atoms with Crippen molar-refractivity contribution >= 4 is 23.3 Å². The topological polar surface area (TPSA) is 88.9 Å². The van der Waals surface area contributed by atoms with Crippen LogP contribution in [0, 0.1) is 12.8 Å². The van der Waals surface area contributed by atoms with Crippen LogP contribution in [-0.4, -0.2) is 26.6 Å². The molecule has 0 radical (unpaired) electrons. The van der Waals surface area contributed by atoms with Gasteiger partial charge in [-0.15, -0.1) is 0 Å². The van der Waals surface area contributed by atoms with E-state index in [2.05, 4.69) is 15.6 Å². The summed E-state index contributed by atoms with van der Waals surface area (Å²) in [5.41, 5.74) is 4.45. The smallest absolute Gasteiger partial charge is 0.259 e. The second-order valence-corrected chi connectivity index (χ2v) is 8.19. The molecule has 0 aliphatic heterocycles. The lowest BCUT2D eigenvalue weighted by molar-refractivity contribution is -0.117. The van der Waals surface area contributed by atoms with Gasteiger partial charge in [-0.1, -0.05) is 48.0 Å². The summed E-state index contributed by atoms with van der Waals surface area (Å²) in [6, 6.07) is 21.0. The third-order valence-electron chi connectivity index (χ3n) is 5.53. The summed E-state index contributed by atoms with van der Waals surface area (Å²) >= 11 is 0. The number of benzene rings is 2. The van der Waals surface area contributed by atoms with E-state index >= 15 is 0 Å². The number of carbonyl (C=O) groups is 2. The number of hydrogen-bond acceptors (Lipinski definition) is 4. The van der Waals surface area contributed by atoms with Crippen LogP contribution in [0.2, 0.25) is 0 Å². The monoisotopic (exact) mass is 437 g/mol. The van der Waals surface area contributed by atoms with Crippen LogP contribution in [0.1, 0.15) is 28.8 Å². The van der Waals surface area contributed by atoms with Crippen LogP contribution in [0.4, 0.5) is 11.5 Å². The molecule has 2 aromatic carbocycles. The van der Waals surface area contributed by atoms with Crippen molar-refractivity contribution in [3.63, 3.8) is 0 Å². The third kappa shape index (κ3) is 4.67. The number of amides is 2. The minimum Gasteiger partial charge on any atom is -0.320 e. The number of anilines is 2. The maximum Gasteiger partial charge on any atom is 0.259 e. The summed E-state index contributed by atoms with van der Waals surface area (Å²) < 4.78 is 1.71. The molecule has 33 heavy (non-hydrogen) atoms. The van der Waals surface area contributed by atoms with Gasteiger partial charge in [0.2, 0.25) is 5.91 Å². The van der Waals surface area contributed by atoms with E-state index in [-0.39, 0.29) is 17.7 Å². The second kappa shape index (κ2) is 8.70. The molecule has 4 aromatic rings. The number of rotatable bonds is 6. The van der Waals surface area contributed by atoms with Crippen molar-refractivity contribution < 1.29 is 9.59 Å². The van der Waals surface area contributed by atoms with Crippen LogP contribution in [-0.2, 0) is 4.79 Å². The Balaban J connectivity index is 1.40. The molecule has 0 bridgehead atoms. The van der Waals surface area contributed by atoms with Crippen LogP contribution >= 0.6 is 0 Å². The van der Waals surface area contributed by atoms with Gasteiger partial charge in [-0.3, -0.25) is 9.59 Å². The van der Waals surface area contributed by atoms with Crippen molar-refractivity contribution in [2.45, 2.75) is 19.8 Å². The van der Waals surface area contributed by atoms with Crippen LogP contribution in [0.15, 0.2) is 79.1 Å². The van der Waals surface area contributed by atoms with Crippen LogP contribution in [0.25, 0.3) is 16.9 Å². The van der Waals surface area contributed by atoms with E-state index in [4.69, 9.17) is 5.10 Å². The summed E-state index contributed by atoms with van der Waals surface area (Å²) in [6.45, 7) is 2.03. The molecular formula is C26H23N5O2. The number of carbonyl (C=O) groups excluding carboxylic acids is 2. The summed E-state index contributed by atoms with van der Waals surface area (Å²) in [5, 5.41) is 10.4. The van der Waals surface area contributed by atoms with Gasteiger partial charge in [0, 0.05) is 17.7 Å². The first-order chi connectivity index (χ1) is 16.1. The minimum atomic E-state index is -0.288. The molecule has 7 heteroatoms. The molecule has 1 fully saturated rings. The Kier molecular flexibility index (Phi) is 5.44. The maximum atomic E-state index is 13.2. The normalized spacial score (nSPS) is 12.9. The highest BCUT2D eigenvalue weighted by molar-refractivity contribution is 6.08. The highest BCUT2D eigenvalue weighted by Crippen LogP contribution is 2.30. The van der Waals surface area contributed by atoms with Crippen molar-refractivity contribution in [1.29, 1.82) is 0 Å². The zero-order chi connectivity index (χ0) is 22.8. The number of nitrogens with zero attached hydrogens (tertiary/aromatic N) is 3. The van der Waals surface area contributed by atoms with Gasteiger partial charge in [-0.2, -0.15) is 5.10 Å². The number of hydrogen-bond donors (Lipinski definition) is 2. The van der Waals surface area contributed by atoms with Gasteiger partial charge in [0.1, 0.15) is 11.5 Å².